The summed E-state index contributed by atoms with van der Waals surface area (Å²) in [6.45, 7) is 8.44. The maximum atomic E-state index is 12.8. The molecule has 7 nitrogen and oxygen atoms in total. The quantitative estimate of drug-likeness (QED) is 0.112. The van der Waals surface area contributed by atoms with Gasteiger partial charge in [0, 0.05) is 0 Å². The van der Waals surface area contributed by atoms with Crippen molar-refractivity contribution in [3.63, 3.8) is 0 Å². The highest BCUT2D eigenvalue weighted by atomic mass is 32.2. The highest BCUT2D eigenvalue weighted by Gasteiger charge is 2.29. The van der Waals surface area contributed by atoms with E-state index in [1.54, 1.807) is 48.5 Å². The van der Waals surface area contributed by atoms with Gasteiger partial charge in [-0.05, 0) is 47.2 Å². The van der Waals surface area contributed by atoms with Crippen molar-refractivity contribution in [1.82, 2.24) is 5.32 Å². The Labute approximate surface area is 238 Å². The van der Waals surface area contributed by atoms with Gasteiger partial charge in [0.2, 0.25) is 5.91 Å². The molecule has 1 saturated heterocycles. The molecule has 1 aliphatic rings. The first-order valence-electron chi connectivity index (χ1n) is 13.8. The van der Waals surface area contributed by atoms with Crippen LogP contribution in [-0.4, -0.2) is 31.0 Å². The molecule has 3 rings (SSSR count). The van der Waals surface area contributed by atoms with E-state index in [1.165, 1.54) is 56.5 Å². The zero-order valence-corrected chi connectivity index (χ0v) is 25.1. The number of carbonyl (C=O) groups is 1. The van der Waals surface area contributed by atoms with Crippen LogP contribution in [0.2, 0.25) is 0 Å². The van der Waals surface area contributed by atoms with Crippen molar-refractivity contribution in [2.24, 2.45) is 10.2 Å². The first-order chi connectivity index (χ1) is 18.6. The second-order valence-corrected chi connectivity index (χ2v) is 13.6. The molecule has 1 unspecified atom stereocenters. The van der Waals surface area contributed by atoms with Crippen LogP contribution < -0.4 is 9.50 Å². The Morgan fingerprint density at radius 2 is 1.64 bits per heavy atom. The molecule has 1 atom stereocenters. The number of benzene rings is 2. The number of hydrogen-bond donors (Lipinski definition) is 1. The van der Waals surface area contributed by atoms with Gasteiger partial charge in [-0.1, -0.05) is 115 Å². The van der Waals surface area contributed by atoms with Crippen molar-refractivity contribution in [2.45, 2.75) is 101 Å². The summed E-state index contributed by atoms with van der Waals surface area (Å²) in [5.41, 5.74) is 1.59. The van der Waals surface area contributed by atoms with E-state index >= 15 is 0 Å². The maximum Gasteiger partial charge on any atom is 0.339 e. The summed E-state index contributed by atoms with van der Waals surface area (Å²) >= 11 is 1.41. The van der Waals surface area contributed by atoms with Gasteiger partial charge in [-0.25, -0.2) is 0 Å². The summed E-state index contributed by atoms with van der Waals surface area (Å²) in [6.07, 6.45) is 12.2. The van der Waals surface area contributed by atoms with E-state index in [-0.39, 0.29) is 27.2 Å². The lowest BCUT2D eigenvalue weighted by Crippen LogP contribution is -2.24. The summed E-state index contributed by atoms with van der Waals surface area (Å²) < 4.78 is 30.9. The van der Waals surface area contributed by atoms with Gasteiger partial charge in [0.05, 0.1) is 11.5 Å². The van der Waals surface area contributed by atoms with Crippen molar-refractivity contribution in [3.05, 3.63) is 59.7 Å². The Balaban J connectivity index is 1.50. The summed E-state index contributed by atoms with van der Waals surface area (Å²) in [4.78, 5) is 12.4. The normalized spacial score (nSPS) is 17.2. The van der Waals surface area contributed by atoms with Crippen LogP contribution in [0.3, 0.4) is 0 Å². The topological polar surface area (TPSA) is 97.2 Å². The SMILES string of the molecule is CCCCCCCCCCC1SC(=NN=Cc2cccc(OS(=O)(=O)c3ccc(C(C)(C)C)cc3)c2)NC1=O. The van der Waals surface area contributed by atoms with E-state index in [4.69, 9.17) is 4.18 Å². The zero-order valence-electron chi connectivity index (χ0n) is 23.5. The number of hydrogen-bond acceptors (Lipinski definition) is 7. The molecule has 1 fully saturated rings. The minimum atomic E-state index is -3.98. The first kappa shape index (κ1) is 30.9. The molecule has 0 aromatic heterocycles. The fraction of sp³-hybridized carbons (Fsp3) is 0.500. The average Bonchev–Trinajstić information content (AvgIpc) is 3.24. The highest BCUT2D eigenvalue weighted by molar-refractivity contribution is 8.15. The lowest BCUT2D eigenvalue weighted by Gasteiger charge is -2.19. The molecule has 39 heavy (non-hydrogen) atoms. The van der Waals surface area contributed by atoms with Crippen molar-refractivity contribution in [1.29, 1.82) is 0 Å². The van der Waals surface area contributed by atoms with Crippen LogP contribution in [-0.2, 0) is 20.3 Å². The number of carbonyl (C=O) groups excluding carboxylic acids is 1. The predicted molar refractivity (Wildman–Crippen MR) is 161 cm³/mol. The average molecular weight is 572 g/mol. The number of nitrogens with zero attached hydrogens (tertiary/aromatic N) is 2. The largest absolute Gasteiger partial charge is 0.379 e. The lowest BCUT2D eigenvalue weighted by atomic mass is 9.87. The fourth-order valence-corrected chi connectivity index (χ4v) is 6.09. The summed E-state index contributed by atoms with van der Waals surface area (Å²) in [5, 5.41) is 11.4. The number of nitrogens with one attached hydrogen (secondary N) is 1. The summed E-state index contributed by atoms with van der Waals surface area (Å²) in [5.74, 6) is 0.161. The molecule has 1 heterocycles. The molecule has 212 valence electrons. The fourth-order valence-electron chi connectivity index (χ4n) is 4.20. The summed E-state index contributed by atoms with van der Waals surface area (Å²) in [7, 11) is -3.98. The van der Waals surface area contributed by atoms with Gasteiger partial charge in [0.1, 0.15) is 10.6 Å². The molecule has 0 bridgehead atoms. The van der Waals surface area contributed by atoms with Crippen molar-refractivity contribution >= 4 is 39.2 Å². The second-order valence-electron chi connectivity index (χ2n) is 10.9. The Morgan fingerprint density at radius 3 is 2.31 bits per heavy atom. The molecular formula is C30H41N3O4S2. The molecule has 1 aliphatic heterocycles. The van der Waals surface area contributed by atoms with Gasteiger partial charge >= 0.3 is 10.1 Å². The van der Waals surface area contributed by atoms with Gasteiger partial charge in [-0.2, -0.15) is 13.5 Å². The van der Waals surface area contributed by atoms with Crippen LogP contribution in [0.15, 0.2) is 63.6 Å². The number of thioether (sulfide) groups is 1. The minimum Gasteiger partial charge on any atom is -0.379 e. The second kappa shape index (κ2) is 14.7. The van der Waals surface area contributed by atoms with E-state index in [0.29, 0.717) is 10.7 Å². The monoisotopic (exact) mass is 571 g/mol. The van der Waals surface area contributed by atoms with Crippen LogP contribution in [0.4, 0.5) is 0 Å². The van der Waals surface area contributed by atoms with Crippen molar-refractivity contribution < 1.29 is 17.4 Å². The Bertz CT molecular complexity index is 1250. The first-order valence-corrected chi connectivity index (χ1v) is 16.1. The Hall–Kier alpha value is -2.65. The summed E-state index contributed by atoms with van der Waals surface area (Å²) in [6, 6.07) is 13.3. The Morgan fingerprint density at radius 1 is 0.974 bits per heavy atom. The third-order valence-electron chi connectivity index (χ3n) is 6.52. The van der Waals surface area contributed by atoms with E-state index in [1.807, 2.05) is 0 Å². The molecule has 0 spiro atoms. The smallest absolute Gasteiger partial charge is 0.339 e. The van der Waals surface area contributed by atoms with Gasteiger partial charge < -0.3 is 9.50 Å². The van der Waals surface area contributed by atoms with Crippen molar-refractivity contribution in [2.75, 3.05) is 0 Å². The van der Waals surface area contributed by atoms with E-state index in [2.05, 4.69) is 43.2 Å². The van der Waals surface area contributed by atoms with Crippen molar-refractivity contribution in [3.8, 4) is 5.75 Å². The zero-order chi connectivity index (χ0) is 28.3. The number of rotatable bonds is 14. The molecule has 0 aliphatic carbocycles. The van der Waals surface area contributed by atoms with Gasteiger partial charge in [-0.3, -0.25) is 4.79 Å². The molecule has 1 N–H and O–H groups in total. The molecule has 0 radical (unpaired) electrons. The molecular weight excluding hydrogens is 530 g/mol. The third kappa shape index (κ3) is 10.1. The number of amides is 1. The standard InChI is InChI=1S/C30H41N3O4S2/c1-5-6-7-8-9-10-11-12-16-27-28(34)32-29(38-27)33-31-22-23-14-13-15-25(21-23)37-39(35,36)26-19-17-24(18-20-26)30(2,3)4/h13-15,17-22,27H,5-12,16H2,1-4H3,(H,32,33,34). The van der Waals surface area contributed by atoms with Crippen LogP contribution in [0.1, 0.15) is 96.6 Å². The predicted octanol–water partition coefficient (Wildman–Crippen LogP) is 7.20. The van der Waals surface area contributed by atoms with Crippen LogP contribution in [0.25, 0.3) is 0 Å². The molecule has 0 saturated carbocycles. The van der Waals surface area contributed by atoms with Crippen LogP contribution in [0, 0.1) is 0 Å². The van der Waals surface area contributed by atoms with E-state index in [9.17, 15) is 13.2 Å². The minimum absolute atomic E-state index is 0.0203. The number of amidine groups is 1. The van der Waals surface area contributed by atoms with Crippen LogP contribution >= 0.6 is 11.8 Å². The number of unbranched alkanes of at least 4 members (excludes halogenated alkanes) is 7. The molecule has 9 heteroatoms. The lowest BCUT2D eigenvalue weighted by molar-refractivity contribution is -0.118. The highest BCUT2D eigenvalue weighted by Crippen LogP contribution is 2.26. The van der Waals surface area contributed by atoms with Gasteiger partial charge in [0.15, 0.2) is 5.17 Å². The molecule has 2 aromatic carbocycles. The van der Waals surface area contributed by atoms with E-state index in [0.717, 1.165) is 24.8 Å². The van der Waals surface area contributed by atoms with E-state index < -0.39 is 10.1 Å². The Kier molecular flexibility index (Phi) is 11.6. The van der Waals surface area contributed by atoms with Crippen LogP contribution in [0.5, 0.6) is 5.75 Å². The molecule has 2 aromatic rings. The third-order valence-corrected chi connectivity index (χ3v) is 8.93. The maximum absolute atomic E-state index is 12.8. The van der Waals surface area contributed by atoms with Gasteiger partial charge in [-0.15, -0.1) is 5.10 Å². The molecule has 1 amide bonds. The van der Waals surface area contributed by atoms with Gasteiger partial charge in [0.25, 0.3) is 0 Å².